The van der Waals surface area contributed by atoms with Crippen LogP contribution in [0.2, 0.25) is 5.02 Å². The lowest BCUT2D eigenvalue weighted by molar-refractivity contribution is 0.262. The normalized spacial score (nSPS) is 10.1. The topological polar surface area (TPSA) is 102 Å². The Labute approximate surface area is 119 Å². The van der Waals surface area contributed by atoms with E-state index in [0.717, 1.165) is 12.1 Å². The average molecular weight is 295 g/mol. The van der Waals surface area contributed by atoms with Crippen LogP contribution in [0, 0.1) is 0 Å². The molecule has 2 aromatic carbocycles. The van der Waals surface area contributed by atoms with E-state index < -0.39 is 23.3 Å². The van der Waals surface area contributed by atoms with E-state index in [1.807, 2.05) is 0 Å². The maximum atomic E-state index is 11.7. The zero-order chi connectivity index (χ0) is 14.7. The van der Waals surface area contributed by atoms with E-state index in [2.05, 4.69) is 10.6 Å². The Balaban J connectivity index is 2.09. The van der Waals surface area contributed by atoms with E-state index in [-0.39, 0.29) is 5.69 Å². The van der Waals surface area contributed by atoms with E-state index in [9.17, 15) is 20.1 Å². The van der Waals surface area contributed by atoms with Gasteiger partial charge in [0.25, 0.3) is 0 Å². The monoisotopic (exact) mass is 294 g/mol. The van der Waals surface area contributed by atoms with Crippen molar-refractivity contribution >= 4 is 29.0 Å². The second-order valence-electron chi connectivity index (χ2n) is 3.95. The molecule has 7 heteroatoms. The van der Waals surface area contributed by atoms with E-state index >= 15 is 0 Å². The summed E-state index contributed by atoms with van der Waals surface area (Å²) in [6, 6.07) is 8.18. The van der Waals surface area contributed by atoms with Crippen molar-refractivity contribution in [2.75, 3.05) is 10.6 Å². The number of aromatic hydroxyl groups is 3. The van der Waals surface area contributed by atoms with Crippen molar-refractivity contribution in [1.82, 2.24) is 0 Å². The Morgan fingerprint density at radius 3 is 2.15 bits per heavy atom. The number of amides is 2. The molecule has 2 aromatic rings. The molecular formula is C13H11ClN2O4. The molecule has 20 heavy (non-hydrogen) atoms. The third-order valence-corrected chi connectivity index (χ3v) is 2.65. The summed E-state index contributed by atoms with van der Waals surface area (Å²) in [5.41, 5.74) is 0.611. The fraction of sp³-hybridized carbons (Fsp3) is 0. The van der Waals surface area contributed by atoms with Crippen molar-refractivity contribution in [1.29, 1.82) is 0 Å². The van der Waals surface area contributed by atoms with Crippen LogP contribution >= 0.6 is 11.6 Å². The van der Waals surface area contributed by atoms with Gasteiger partial charge in [-0.25, -0.2) is 4.79 Å². The average Bonchev–Trinajstić information content (AvgIpc) is 2.35. The van der Waals surface area contributed by atoms with Crippen molar-refractivity contribution < 1.29 is 20.1 Å². The first-order valence-corrected chi connectivity index (χ1v) is 5.92. The fourth-order valence-corrected chi connectivity index (χ4v) is 1.73. The predicted molar refractivity (Wildman–Crippen MR) is 75.5 cm³/mol. The van der Waals surface area contributed by atoms with Crippen LogP contribution < -0.4 is 10.6 Å². The number of nitrogens with one attached hydrogen (secondary N) is 2. The van der Waals surface area contributed by atoms with Crippen molar-refractivity contribution in [2.24, 2.45) is 0 Å². The lowest BCUT2D eigenvalue weighted by Crippen LogP contribution is -2.19. The molecule has 0 radical (unpaired) electrons. The molecule has 5 N–H and O–H groups in total. The molecule has 0 spiro atoms. The van der Waals surface area contributed by atoms with Gasteiger partial charge in [-0.1, -0.05) is 17.7 Å². The molecule has 2 rings (SSSR count). The van der Waals surface area contributed by atoms with Gasteiger partial charge < -0.3 is 26.0 Å². The molecule has 0 fully saturated rings. The number of benzene rings is 2. The minimum atomic E-state index is -0.647. The Hall–Kier alpha value is -2.60. The van der Waals surface area contributed by atoms with E-state index in [0.29, 0.717) is 10.7 Å². The van der Waals surface area contributed by atoms with E-state index in [1.54, 1.807) is 24.3 Å². The largest absolute Gasteiger partial charge is 0.504 e. The van der Waals surface area contributed by atoms with Gasteiger partial charge in [0.1, 0.15) is 0 Å². The number of carbonyl (C=O) groups excluding carboxylic acids is 1. The summed E-state index contributed by atoms with van der Waals surface area (Å²) in [5.74, 6) is -1.73. The zero-order valence-corrected chi connectivity index (χ0v) is 10.8. The lowest BCUT2D eigenvalue weighted by atomic mass is 10.2. The highest BCUT2D eigenvalue weighted by atomic mass is 35.5. The quantitative estimate of drug-likeness (QED) is 0.434. The first-order chi connectivity index (χ1) is 9.45. The van der Waals surface area contributed by atoms with Crippen LogP contribution in [0.1, 0.15) is 0 Å². The second-order valence-corrected chi connectivity index (χ2v) is 4.39. The molecule has 0 saturated carbocycles. The fourth-order valence-electron chi connectivity index (χ4n) is 1.54. The van der Waals surface area contributed by atoms with E-state index in [4.69, 9.17) is 11.6 Å². The highest BCUT2D eigenvalue weighted by Crippen LogP contribution is 2.37. The predicted octanol–water partition coefficient (Wildman–Crippen LogP) is 3.10. The van der Waals surface area contributed by atoms with Crippen molar-refractivity contribution in [2.45, 2.75) is 0 Å². The molecule has 2 amide bonds. The van der Waals surface area contributed by atoms with Crippen LogP contribution in [0.4, 0.5) is 16.2 Å². The molecule has 0 aromatic heterocycles. The van der Waals surface area contributed by atoms with Gasteiger partial charge >= 0.3 is 6.03 Å². The first-order valence-electron chi connectivity index (χ1n) is 5.54. The maximum absolute atomic E-state index is 11.7. The summed E-state index contributed by atoms with van der Waals surface area (Å²) in [6.07, 6.45) is 0. The number of urea groups is 1. The third-order valence-electron chi connectivity index (χ3n) is 2.41. The maximum Gasteiger partial charge on any atom is 0.323 e. The summed E-state index contributed by atoms with van der Waals surface area (Å²) in [4.78, 5) is 11.7. The Kier molecular flexibility index (Phi) is 3.86. The van der Waals surface area contributed by atoms with Gasteiger partial charge in [0.05, 0.1) is 5.69 Å². The van der Waals surface area contributed by atoms with Crippen LogP contribution in [0.15, 0.2) is 36.4 Å². The molecule has 104 valence electrons. The molecule has 6 nitrogen and oxygen atoms in total. The number of phenolic OH excluding ortho intramolecular Hbond substituents is 3. The van der Waals surface area contributed by atoms with Crippen molar-refractivity contribution in [3.8, 4) is 17.2 Å². The van der Waals surface area contributed by atoms with Gasteiger partial charge in [-0.05, 0) is 18.2 Å². The number of anilines is 2. The number of hydrogen-bond donors (Lipinski definition) is 5. The van der Waals surface area contributed by atoms with Crippen LogP contribution in [0.5, 0.6) is 17.2 Å². The molecule has 0 unspecified atom stereocenters. The van der Waals surface area contributed by atoms with Gasteiger partial charge in [-0.2, -0.15) is 0 Å². The minimum absolute atomic E-state index is 0.123. The minimum Gasteiger partial charge on any atom is -0.504 e. The number of halogens is 1. The van der Waals surface area contributed by atoms with Gasteiger partial charge in [-0.3, -0.25) is 0 Å². The van der Waals surface area contributed by atoms with E-state index in [1.165, 1.54) is 0 Å². The number of phenols is 3. The molecule has 0 bridgehead atoms. The highest BCUT2D eigenvalue weighted by Gasteiger charge is 2.10. The molecule has 0 aliphatic rings. The number of hydrogen-bond acceptors (Lipinski definition) is 4. The SMILES string of the molecule is O=C(Nc1cccc(Cl)c1)Nc1cc(O)c(O)c(O)c1. The summed E-state index contributed by atoms with van der Waals surface area (Å²) in [6.45, 7) is 0. The molecule has 0 atom stereocenters. The van der Waals surface area contributed by atoms with Gasteiger partial charge in [0.15, 0.2) is 17.2 Å². The summed E-state index contributed by atoms with van der Waals surface area (Å²) >= 11 is 5.78. The standard InChI is InChI=1S/C13H11ClN2O4/c14-7-2-1-3-8(4-7)15-13(20)16-9-5-10(17)12(19)11(18)6-9/h1-6,17-19H,(H2,15,16,20). The molecule has 0 aliphatic heterocycles. The van der Waals surface area contributed by atoms with Gasteiger partial charge in [-0.15, -0.1) is 0 Å². The Morgan fingerprint density at radius 1 is 0.950 bits per heavy atom. The van der Waals surface area contributed by atoms with Gasteiger partial charge in [0.2, 0.25) is 0 Å². The first kappa shape index (κ1) is 13.8. The van der Waals surface area contributed by atoms with Gasteiger partial charge in [0, 0.05) is 22.8 Å². The number of rotatable bonds is 2. The van der Waals surface area contributed by atoms with Crippen LogP contribution in [-0.2, 0) is 0 Å². The zero-order valence-electron chi connectivity index (χ0n) is 10.1. The molecule has 0 aliphatic carbocycles. The summed E-state index contributed by atoms with van der Waals surface area (Å²) < 4.78 is 0. The molecule has 0 saturated heterocycles. The molecular weight excluding hydrogens is 284 g/mol. The van der Waals surface area contributed by atoms with Crippen LogP contribution in [0.25, 0.3) is 0 Å². The summed E-state index contributed by atoms with van der Waals surface area (Å²) in [5, 5.41) is 33.2. The third kappa shape index (κ3) is 3.24. The second kappa shape index (κ2) is 5.58. The highest BCUT2D eigenvalue weighted by molar-refractivity contribution is 6.30. The van der Waals surface area contributed by atoms with Crippen molar-refractivity contribution in [3.63, 3.8) is 0 Å². The smallest absolute Gasteiger partial charge is 0.323 e. The Bertz CT molecular complexity index is 638. The summed E-state index contributed by atoms with van der Waals surface area (Å²) in [7, 11) is 0. The molecule has 0 heterocycles. The number of carbonyl (C=O) groups is 1. The van der Waals surface area contributed by atoms with Crippen LogP contribution in [0.3, 0.4) is 0 Å². The van der Waals surface area contributed by atoms with Crippen LogP contribution in [-0.4, -0.2) is 21.4 Å². The Morgan fingerprint density at radius 2 is 1.55 bits per heavy atom. The lowest BCUT2D eigenvalue weighted by Gasteiger charge is -2.09. The van der Waals surface area contributed by atoms with Crippen molar-refractivity contribution in [3.05, 3.63) is 41.4 Å².